The highest BCUT2D eigenvalue weighted by atomic mass is 16.7. The molecular weight excluding hydrogens is 516 g/mol. The van der Waals surface area contributed by atoms with Gasteiger partial charge in [-0.15, -0.1) is 0 Å². The molecular formula is C33H56N4O4. The number of aliphatic hydroxyl groups excluding tert-OH is 2. The fourth-order valence-electron chi connectivity index (χ4n) is 8.00. The number of carbonyl (C=O) groups is 1. The van der Waals surface area contributed by atoms with E-state index in [1.165, 1.54) is 12.0 Å². The molecule has 1 aromatic rings. The minimum absolute atomic E-state index is 0.110. The van der Waals surface area contributed by atoms with Gasteiger partial charge in [-0.2, -0.15) is 5.06 Å². The van der Waals surface area contributed by atoms with Crippen LogP contribution < -0.4 is 10.6 Å². The summed E-state index contributed by atoms with van der Waals surface area (Å²) in [5.41, 5.74) is 2.56. The predicted molar refractivity (Wildman–Crippen MR) is 163 cm³/mol. The van der Waals surface area contributed by atoms with E-state index in [0.717, 1.165) is 31.5 Å². The lowest BCUT2D eigenvalue weighted by molar-refractivity contribution is -0.183. The first-order valence-electron chi connectivity index (χ1n) is 15.8. The van der Waals surface area contributed by atoms with Crippen LogP contribution in [0, 0.1) is 35.0 Å². The Balaban J connectivity index is 1.46. The Labute approximate surface area is 248 Å². The Hall–Kier alpha value is -1.55. The van der Waals surface area contributed by atoms with Crippen molar-refractivity contribution in [1.82, 2.24) is 20.6 Å². The predicted octanol–water partition coefficient (Wildman–Crippen LogP) is 3.41. The minimum Gasteiger partial charge on any atom is -0.394 e. The second-order valence-corrected chi connectivity index (χ2v) is 14.5. The van der Waals surface area contributed by atoms with Gasteiger partial charge < -0.3 is 25.7 Å². The zero-order chi connectivity index (χ0) is 30.1. The number of nitrogens with one attached hydrogen (secondary N) is 2. The molecule has 1 amide bonds. The molecule has 4 fully saturated rings. The van der Waals surface area contributed by atoms with Gasteiger partial charge in [0.1, 0.15) is 12.1 Å². The first kappa shape index (κ1) is 32.4. The lowest BCUT2D eigenvalue weighted by Crippen LogP contribution is -2.62. The maximum Gasteiger partial charge on any atom is 0.240 e. The summed E-state index contributed by atoms with van der Waals surface area (Å²) in [7, 11) is 4.22. The number of aliphatic hydroxyl groups is 2. The Bertz CT molecular complexity index is 1000. The second kappa shape index (κ2) is 13.4. The molecule has 1 saturated heterocycles. The van der Waals surface area contributed by atoms with Gasteiger partial charge in [0.25, 0.3) is 0 Å². The highest BCUT2D eigenvalue weighted by Crippen LogP contribution is 2.61. The topological polar surface area (TPSA) is 97.3 Å². The quantitative estimate of drug-likeness (QED) is 0.288. The summed E-state index contributed by atoms with van der Waals surface area (Å²) in [5, 5.41) is 29.6. The fraction of sp³-hybridized carbons (Fsp3) is 0.788. The van der Waals surface area contributed by atoms with Crippen molar-refractivity contribution < 1.29 is 19.8 Å². The number of fused-ring (bicyclic) bond motifs is 2. The number of hydrogen-bond donors (Lipinski definition) is 4. The van der Waals surface area contributed by atoms with E-state index in [1.54, 1.807) is 12.0 Å². The van der Waals surface area contributed by atoms with Gasteiger partial charge in [0.15, 0.2) is 0 Å². The Kier molecular flexibility index (Phi) is 10.6. The molecule has 0 radical (unpaired) electrons. The maximum atomic E-state index is 13.9. The van der Waals surface area contributed by atoms with E-state index in [0.29, 0.717) is 41.7 Å². The lowest BCUT2D eigenvalue weighted by atomic mass is 9.45. The van der Waals surface area contributed by atoms with Crippen molar-refractivity contribution in [2.45, 2.75) is 104 Å². The second-order valence-electron chi connectivity index (χ2n) is 14.5. The van der Waals surface area contributed by atoms with Gasteiger partial charge >= 0.3 is 0 Å². The molecule has 1 aliphatic heterocycles. The summed E-state index contributed by atoms with van der Waals surface area (Å²) in [6.45, 7) is 15.1. The molecule has 4 N–H and O–H groups in total. The average Bonchev–Trinajstić information content (AvgIpc) is 3.26. The van der Waals surface area contributed by atoms with Crippen molar-refractivity contribution in [1.29, 1.82) is 0 Å². The molecule has 5 rings (SSSR count). The number of hydroxylamine groups is 2. The van der Waals surface area contributed by atoms with Crippen LogP contribution in [0.3, 0.4) is 0 Å². The molecule has 1 heterocycles. The van der Waals surface area contributed by atoms with Crippen LogP contribution in [0.15, 0.2) is 24.3 Å². The van der Waals surface area contributed by atoms with Crippen molar-refractivity contribution in [3.63, 3.8) is 0 Å². The SMILES string of the molecule is CC(C)CC(CN(C)C)NCc1cccc(CN2O[C@@H](CO)C(C(C)O)[C@H]2C(=O)NC2CC3CC(C2C)C3(C)C)c1. The van der Waals surface area contributed by atoms with Gasteiger partial charge in [0, 0.05) is 31.1 Å². The first-order chi connectivity index (χ1) is 19.3. The molecule has 2 bridgehead atoms. The number of carbonyl (C=O) groups excluding carboxylic acids is 1. The fourth-order valence-corrected chi connectivity index (χ4v) is 8.00. The van der Waals surface area contributed by atoms with E-state index in [2.05, 4.69) is 82.4 Å². The number of rotatable bonds is 13. The van der Waals surface area contributed by atoms with Crippen molar-refractivity contribution in [3.8, 4) is 0 Å². The summed E-state index contributed by atoms with van der Waals surface area (Å²) in [4.78, 5) is 22.3. The number of amides is 1. The Morgan fingerprint density at radius 3 is 2.49 bits per heavy atom. The number of benzene rings is 1. The number of nitrogens with zero attached hydrogens (tertiary/aromatic N) is 2. The summed E-state index contributed by atoms with van der Waals surface area (Å²) in [5.74, 6) is 1.65. The summed E-state index contributed by atoms with van der Waals surface area (Å²) in [6, 6.07) is 8.24. The molecule has 4 aliphatic rings. The third-order valence-corrected chi connectivity index (χ3v) is 10.3. The maximum absolute atomic E-state index is 13.9. The van der Waals surface area contributed by atoms with Gasteiger partial charge in [-0.3, -0.25) is 9.63 Å². The van der Waals surface area contributed by atoms with Gasteiger partial charge in [0.05, 0.1) is 19.3 Å². The number of likely N-dealkylation sites (N-methyl/N-ethyl adjacent to an activating group) is 1. The summed E-state index contributed by atoms with van der Waals surface area (Å²) < 4.78 is 0. The monoisotopic (exact) mass is 572 g/mol. The van der Waals surface area contributed by atoms with E-state index in [1.807, 2.05) is 6.07 Å². The van der Waals surface area contributed by atoms with Gasteiger partial charge in [-0.25, -0.2) is 0 Å². The molecule has 41 heavy (non-hydrogen) atoms. The molecule has 7 unspecified atom stereocenters. The van der Waals surface area contributed by atoms with E-state index in [9.17, 15) is 15.0 Å². The molecule has 1 aromatic carbocycles. The van der Waals surface area contributed by atoms with Gasteiger partial charge in [-0.1, -0.05) is 58.9 Å². The normalized spacial score (nSPS) is 32.6. The van der Waals surface area contributed by atoms with Crippen LogP contribution in [0.5, 0.6) is 0 Å². The van der Waals surface area contributed by atoms with Crippen molar-refractivity contribution in [2.75, 3.05) is 27.2 Å². The van der Waals surface area contributed by atoms with Crippen LogP contribution in [0.2, 0.25) is 0 Å². The first-order valence-corrected chi connectivity index (χ1v) is 15.8. The molecule has 3 saturated carbocycles. The summed E-state index contributed by atoms with van der Waals surface area (Å²) in [6.07, 6.45) is 1.93. The largest absolute Gasteiger partial charge is 0.394 e. The highest BCUT2D eigenvalue weighted by molar-refractivity contribution is 5.82. The number of hydrogen-bond acceptors (Lipinski definition) is 7. The zero-order valence-electron chi connectivity index (χ0n) is 26.6. The molecule has 8 heteroatoms. The van der Waals surface area contributed by atoms with Crippen LogP contribution in [0.25, 0.3) is 0 Å². The third-order valence-electron chi connectivity index (χ3n) is 10.3. The molecule has 9 atom stereocenters. The highest BCUT2D eigenvalue weighted by Gasteiger charge is 2.57. The summed E-state index contributed by atoms with van der Waals surface area (Å²) >= 11 is 0. The minimum atomic E-state index is -0.797. The van der Waals surface area contributed by atoms with Crippen molar-refractivity contribution in [3.05, 3.63) is 35.4 Å². The van der Waals surface area contributed by atoms with Crippen LogP contribution in [-0.2, 0) is 22.7 Å². The van der Waals surface area contributed by atoms with Gasteiger partial charge in [0.2, 0.25) is 5.91 Å². The third kappa shape index (κ3) is 7.34. The van der Waals surface area contributed by atoms with Crippen molar-refractivity contribution in [2.24, 2.45) is 35.0 Å². The molecule has 232 valence electrons. The van der Waals surface area contributed by atoms with Gasteiger partial charge in [-0.05, 0) is 80.5 Å². The van der Waals surface area contributed by atoms with Crippen molar-refractivity contribution >= 4 is 5.91 Å². The van der Waals surface area contributed by atoms with Crippen LogP contribution in [0.1, 0.15) is 71.9 Å². The molecule has 0 aromatic heterocycles. The standard InChI is InChI=1S/C33H56N4O4/c1-20(2)12-26(18-36(7)8)34-16-23-10-9-11-24(13-23)17-37-31(30(22(4)39)29(19-38)41-37)32(40)35-28-15-25-14-27(21(28)3)33(25,5)6/h9-11,13,20-22,25-31,34,38-39H,12,14-19H2,1-8H3,(H,35,40)/t21?,22?,25?,26?,27?,28?,29-,30?,31-/m0/s1. The average molecular weight is 573 g/mol. The molecule has 8 nitrogen and oxygen atoms in total. The smallest absolute Gasteiger partial charge is 0.240 e. The van der Waals surface area contributed by atoms with E-state index < -0.39 is 24.2 Å². The molecule has 3 aliphatic carbocycles. The lowest BCUT2D eigenvalue weighted by Gasteiger charge is -2.62. The van der Waals surface area contributed by atoms with E-state index in [-0.39, 0.29) is 18.6 Å². The molecule has 0 spiro atoms. The van der Waals surface area contributed by atoms with E-state index in [4.69, 9.17) is 4.84 Å². The van der Waals surface area contributed by atoms with E-state index >= 15 is 0 Å². The van der Waals surface area contributed by atoms with Crippen LogP contribution >= 0.6 is 0 Å². The Morgan fingerprint density at radius 2 is 1.90 bits per heavy atom. The zero-order valence-corrected chi connectivity index (χ0v) is 26.6. The Morgan fingerprint density at radius 1 is 1.20 bits per heavy atom. The van der Waals surface area contributed by atoms with Crippen LogP contribution in [0.4, 0.5) is 0 Å². The van der Waals surface area contributed by atoms with Crippen LogP contribution in [-0.4, -0.2) is 83.7 Å².